The first kappa shape index (κ1) is 13.3. The van der Waals surface area contributed by atoms with E-state index < -0.39 is 5.97 Å². The van der Waals surface area contributed by atoms with E-state index in [0.717, 1.165) is 5.56 Å². The number of hydrogen-bond donors (Lipinski definition) is 1. The van der Waals surface area contributed by atoms with Gasteiger partial charge in [0.05, 0.1) is 13.7 Å². The standard InChI is InChI=1S/C12H17NO4/c1-3-16-12(14)8-17-11-6-9(7-13)4-5-10(11)15-2/h4-6H,3,7-8,13H2,1-2H3. The van der Waals surface area contributed by atoms with Gasteiger partial charge in [-0.3, -0.25) is 0 Å². The van der Waals surface area contributed by atoms with Crippen LogP contribution in [0.4, 0.5) is 0 Å². The van der Waals surface area contributed by atoms with Crippen molar-refractivity contribution in [1.82, 2.24) is 0 Å². The number of nitrogens with two attached hydrogens (primary N) is 1. The first-order valence-corrected chi connectivity index (χ1v) is 5.36. The molecule has 0 saturated carbocycles. The van der Waals surface area contributed by atoms with Gasteiger partial charge in [-0.05, 0) is 24.6 Å². The summed E-state index contributed by atoms with van der Waals surface area (Å²) in [6.07, 6.45) is 0. The number of carbonyl (C=O) groups is 1. The second kappa shape index (κ2) is 6.75. The highest BCUT2D eigenvalue weighted by atomic mass is 16.6. The Morgan fingerprint density at radius 2 is 2.12 bits per heavy atom. The van der Waals surface area contributed by atoms with Crippen LogP contribution in [0.3, 0.4) is 0 Å². The minimum Gasteiger partial charge on any atom is -0.493 e. The SMILES string of the molecule is CCOC(=O)COc1cc(CN)ccc1OC. The van der Waals surface area contributed by atoms with E-state index in [1.54, 1.807) is 19.1 Å². The van der Waals surface area contributed by atoms with Crippen LogP contribution in [0, 0.1) is 0 Å². The Balaban J connectivity index is 2.70. The normalized spacial score (nSPS) is 9.82. The van der Waals surface area contributed by atoms with Crippen molar-refractivity contribution in [3.63, 3.8) is 0 Å². The molecule has 1 rings (SSSR count). The van der Waals surface area contributed by atoms with E-state index in [4.69, 9.17) is 19.9 Å². The predicted octanol–water partition coefficient (Wildman–Crippen LogP) is 1.10. The molecule has 5 nitrogen and oxygen atoms in total. The van der Waals surface area contributed by atoms with E-state index in [1.165, 1.54) is 7.11 Å². The van der Waals surface area contributed by atoms with Crippen LogP contribution in [-0.2, 0) is 16.1 Å². The zero-order valence-corrected chi connectivity index (χ0v) is 10.1. The number of benzene rings is 1. The van der Waals surface area contributed by atoms with E-state index in [2.05, 4.69) is 0 Å². The van der Waals surface area contributed by atoms with Crippen LogP contribution < -0.4 is 15.2 Å². The Labute approximate surface area is 100 Å². The van der Waals surface area contributed by atoms with Crippen LogP contribution in [0.15, 0.2) is 18.2 Å². The fourth-order valence-corrected chi connectivity index (χ4v) is 1.30. The fraction of sp³-hybridized carbons (Fsp3) is 0.417. The molecule has 0 radical (unpaired) electrons. The molecular formula is C12H17NO4. The predicted molar refractivity (Wildman–Crippen MR) is 63.0 cm³/mol. The van der Waals surface area contributed by atoms with Crippen molar-refractivity contribution >= 4 is 5.97 Å². The average Bonchev–Trinajstić information content (AvgIpc) is 2.36. The molecule has 0 fully saturated rings. The van der Waals surface area contributed by atoms with Gasteiger partial charge in [-0.25, -0.2) is 4.79 Å². The Bertz CT molecular complexity index is 379. The van der Waals surface area contributed by atoms with Crippen molar-refractivity contribution in [3.05, 3.63) is 23.8 Å². The summed E-state index contributed by atoms with van der Waals surface area (Å²) in [6, 6.07) is 5.34. The molecule has 1 aromatic rings. The lowest BCUT2D eigenvalue weighted by Gasteiger charge is -2.11. The average molecular weight is 239 g/mol. The van der Waals surface area contributed by atoms with E-state index >= 15 is 0 Å². The number of rotatable bonds is 6. The zero-order chi connectivity index (χ0) is 12.7. The van der Waals surface area contributed by atoms with Crippen LogP contribution in [0.2, 0.25) is 0 Å². The van der Waals surface area contributed by atoms with E-state index in [1.807, 2.05) is 6.07 Å². The minimum atomic E-state index is -0.410. The molecule has 0 saturated heterocycles. The van der Waals surface area contributed by atoms with Gasteiger partial charge in [0.2, 0.25) is 0 Å². The summed E-state index contributed by atoms with van der Waals surface area (Å²) >= 11 is 0. The van der Waals surface area contributed by atoms with Gasteiger partial charge < -0.3 is 19.9 Å². The lowest BCUT2D eigenvalue weighted by Crippen LogP contribution is -2.15. The third-order valence-electron chi connectivity index (χ3n) is 2.11. The van der Waals surface area contributed by atoms with E-state index in [-0.39, 0.29) is 6.61 Å². The number of esters is 1. The molecule has 0 aliphatic carbocycles. The fourth-order valence-electron chi connectivity index (χ4n) is 1.30. The van der Waals surface area contributed by atoms with Crippen molar-refractivity contribution in [2.24, 2.45) is 5.73 Å². The lowest BCUT2D eigenvalue weighted by atomic mass is 10.2. The van der Waals surface area contributed by atoms with Gasteiger partial charge in [-0.15, -0.1) is 0 Å². The molecule has 94 valence electrons. The van der Waals surface area contributed by atoms with Gasteiger partial charge in [0, 0.05) is 6.54 Å². The Hall–Kier alpha value is -1.75. The maximum atomic E-state index is 11.2. The summed E-state index contributed by atoms with van der Waals surface area (Å²) in [7, 11) is 1.54. The molecule has 0 amide bonds. The van der Waals surface area contributed by atoms with Crippen LogP contribution in [0.1, 0.15) is 12.5 Å². The molecular weight excluding hydrogens is 222 g/mol. The maximum Gasteiger partial charge on any atom is 0.344 e. The summed E-state index contributed by atoms with van der Waals surface area (Å²) in [4.78, 5) is 11.2. The molecule has 0 aliphatic rings. The molecule has 5 heteroatoms. The van der Waals surface area contributed by atoms with Gasteiger partial charge in [0.25, 0.3) is 0 Å². The smallest absolute Gasteiger partial charge is 0.344 e. The summed E-state index contributed by atoms with van der Waals surface area (Å²) in [5.41, 5.74) is 6.43. The van der Waals surface area contributed by atoms with E-state index in [9.17, 15) is 4.79 Å². The maximum absolute atomic E-state index is 11.2. The number of ether oxygens (including phenoxy) is 3. The van der Waals surface area contributed by atoms with E-state index in [0.29, 0.717) is 24.7 Å². The summed E-state index contributed by atoms with van der Waals surface area (Å²) in [6.45, 7) is 2.34. The molecule has 0 spiro atoms. The van der Waals surface area contributed by atoms with Crippen LogP contribution >= 0.6 is 0 Å². The highest BCUT2D eigenvalue weighted by Gasteiger charge is 2.08. The summed E-state index contributed by atoms with van der Waals surface area (Å²) in [5, 5.41) is 0. The Kier molecular flexibility index (Phi) is 5.29. The monoisotopic (exact) mass is 239 g/mol. The lowest BCUT2D eigenvalue weighted by molar-refractivity contribution is -0.145. The molecule has 1 aromatic carbocycles. The van der Waals surface area contributed by atoms with Crippen molar-refractivity contribution in [2.75, 3.05) is 20.3 Å². The van der Waals surface area contributed by atoms with Gasteiger partial charge in [-0.2, -0.15) is 0 Å². The largest absolute Gasteiger partial charge is 0.493 e. The quantitative estimate of drug-likeness (QED) is 0.752. The van der Waals surface area contributed by atoms with Crippen LogP contribution in [-0.4, -0.2) is 26.3 Å². The highest BCUT2D eigenvalue weighted by molar-refractivity contribution is 5.71. The molecule has 0 unspecified atom stereocenters. The second-order valence-electron chi connectivity index (χ2n) is 3.28. The van der Waals surface area contributed by atoms with Crippen molar-refractivity contribution in [2.45, 2.75) is 13.5 Å². The number of methoxy groups -OCH3 is 1. The summed E-state index contributed by atoms with van der Waals surface area (Å²) < 4.78 is 15.2. The van der Waals surface area contributed by atoms with Gasteiger partial charge in [0.1, 0.15) is 0 Å². The molecule has 0 aliphatic heterocycles. The van der Waals surface area contributed by atoms with Gasteiger partial charge >= 0.3 is 5.97 Å². The molecule has 17 heavy (non-hydrogen) atoms. The first-order chi connectivity index (χ1) is 8.21. The first-order valence-electron chi connectivity index (χ1n) is 5.36. The Morgan fingerprint density at radius 1 is 1.35 bits per heavy atom. The molecule has 0 bridgehead atoms. The molecule has 0 heterocycles. The number of hydrogen-bond acceptors (Lipinski definition) is 5. The Morgan fingerprint density at radius 3 is 2.71 bits per heavy atom. The van der Waals surface area contributed by atoms with Crippen LogP contribution in [0.5, 0.6) is 11.5 Å². The zero-order valence-electron chi connectivity index (χ0n) is 10.1. The van der Waals surface area contributed by atoms with Gasteiger partial charge in [0.15, 0.2) is 18.1 Å². The molecule has 0 atom stereocenters. The minimum absolute atomic E-state index is 0.141. The van der Waals surface area contributed by atoms with Crippen molar-refractivity contribution < 1.29 is 19.0 Å². The van der Waals surface area contributed by atoms with Crippen molar-refractivity contribution in [3.8, 4) is 11.5 Å². The topological polar surface area (TPSA) is 70.8 Å². The highest BCUT2D eigenvalue weighted by Crippen LogP contribution is 2.27. The van der Waals surface area contributed by atoms with Crippen LogP contribution in [0.25, 0.3) is 0 Å². The third kappa shape index (κ3) is 3.96. The number of carbonyl (C=O) groups excluding carboxylic acids is 1. The molecule has 0 aromatic heterocycles. The van der Waals surface area contributed by atoms with Gasteiger partial charge in [-0.1, -0.05) is 6.07 Å². The second-order valence-corrected chi connectivity index (χ2v) is 3.28. The summed E-state index contributed by atoms with van der Waals surface area (Å²) in [5.74, 6) is 0.641. The molecule has 2 N–H and O–H groups in total. The third-order valence-corrected chi connectivity index (χ3v) is 2.11. The van der Waals surface area contributed by atoms with Crippen molar-refractivity contribution in [1.29, 1.82) is 0 Å².